The van der Waals surface area contributed by atoms with Gasteiger partial charge in [0, 0.05) is 64.5 Å². The molecule has 0 spiro atoms. The van der Waals surface area contributed by atoms with Gasteiger partial charge in [-0.1, -0.05) is 121 Å². The number of nitrogens with zero attached hydrogens (tertiary/aromatic N) is 2. The van der Waals surface area contributed by atoms with E-state index in [0.29, 0.717) is 0 Å². The van der Waals surface area contributed by atoms with Gasteiger partial charge in [-0.2, -0.15) is 0 Å². The molecule has 2 unspecified atom stereocenters. The van der Waals surface area contributed by atoms with Crippen molar-refractivity contribution in [3.05, 3.63) is 181 Å². The summed E-state index contributed by atoms with van der Waals surface area (Å²) in [4.78, 5) is 0. The Hall–Kier alpha value is -6.36. The average Bonchev–Trinajstić information content (AvgIpc) is 3.93. The van der Waals surface area contributed by atoms with Crippen LogP contribution in [0.2, 0.25) is 0 Å². The number of benzene rings is 7. The molecule has 0 fully saturated rings. The Bertz CT molecular complexity index is 3190. The number of para-hydroxylation sites is 5. The average molecular weight is 697 g/mol. The third-order valence-corrected chi connectivity index (χ3v) is 13.0. The zero-order valence-electron chi connectivity index (χ0n) is 29.0. The molecule has 0 amide bonds. The first-order chi connectivity index (χ1) is 26.2. The Balaban J connectivity index is 1.12. The van der Waals surface area contributed by atoms with Gasteiger partial charge in [0.1, 0.15) is 11.4 Å². The lowest BCUT2D eigenvalue weighted by Crippen LogP contribution is -2.33. The lowest BCUT2D eigenvalue weighted by Gasteiger charge is -2.33. The second kappa shape index (κ2) is 10.6. The molecular weight excluding hydrogens is 665 g/mol. The van der Waals surface area contributed by atoms with E-state index in [0.717, 1.165) is 17.1 Å². The second-order valence-corrected chi connectivity index (χ2v) is 15.6. The molecule has 10 aromatic rings. The Labute approximate surface area is 310 Å². The van der Waals surface area contributed by atoms with Crippen LogP contribution in [0.15, 0.2) is 164 Å². The molecule has 12 rings (SSSR count). The van der Waals surface area contributed by atoms with E-state index in [-0.39, 0.29) is 5.92 Å². The summed E-state index contributed by atoms with van der Waals surface area (Å²) in [5.41, 5.74) is 11.4. The van der Waals surface area contributed by atoms with Crippen molar-refractivity contribution >= 4 is 70.3 Å². The van der Waals surface area contributed by atoms with Crippen molar-refractivity contribution in [3.8, 4) is 28.3 Å². The fourth-order valence-corrected chi connectivity index (χ4v) is 10.8. The zero-order valence-corrected chi connectivity index (χ0v) is 29.8. The van der Waals surface area contributed by atoms with Gasteiger partial charge in [-0.05, 0) is 55.5 Å². The summed E-state index contributed by atoms with van der Waals surface area (Å²) in [6, 6.07) is 57.5. The van der Waals surface area contributed by atoms with Crippen molar-refractivity contribution < 1.29 is 4.74 Å². The maximum atomic E-state index is 6.93. The highest BCUT2D eigenvalue weighted by Gasteiger charge is 2.49. The lowest BCUT2D eigenvalue weighted by atomic mass is 9.76. The summed E-state index contributed by atoms with van der Waals surface area (Å²) < 4.78 is 14.5. The number of aromatic nitrogens is 2. The van der Waals surface area contributed by atoms with Crippen molar-refractivity contribution in [1.29, 1.82) is 0 Å². The van der Waals surface area contributed by atoms with Crippen LogP contribution in [0.1, 0.15) is 29.7 Å². The first-order valence-corrected chi connectivity index (χ1v) is 19.1. The predicted molar refractivity (Wildman–Crippen MR) is 222 cm³/mol. The van der Waals surface area contributed by atoms with E-state index < -0.39 is 5.60 Å². The van der Waals surface area contributed by atoms with Crippen molar-refractivity contribution in [1.82, 2.24) is 9.13 Å². The van der Waals surface area contributed by atoms with Gasteiger partial charge >= 0.3 is 0 Å². The molecule has 1 aliphatic heterocycles. The molecule has 7 aromatic carbocycles. The Morgan fingerprint density at radius 1 is 0.547 bits per heavy atom. The van der Waals surface area contributed by atoms with Crippen LogP contribution in [0.4, 0.5) is 0 Å². The monoisotopic (exact) mass is 696 g/mol. The van der Waals surface area contributed by atoms with E-state index >= 15 is 0 Å². The van der Waals surface area contributed by atoms with Crippen molar-refractivity contribution in [2.24, 2.45) is 0 Å². The van der Waals surface area contributed by atoms with Crippen LogP contribution in [-0.4, -0.2) is 9.13 Å². The minimum Gasteiger partial charge on any atom is -0.481 e. The standard InChI is InChI=1S/C49H32N2OS/c1-49-37(34-17-6-12-24-44(34)52-49)27-29-43-47(49)36-19-5-11-23-41(36)51(43)39-21-9-3-15-31(39)30-14-2-8-20-38(30)50-40-22-10-4-18-35(40)46-42(50)28-26-33-32-16-7-13-25-45(32)53-48(33)46/h2-29,37H,1H3. The van der Waals surface area contributed by atoms with Crippen LogP contribution in [0.3, 0.4) is 0 Å². The molecule has 4 heterocycles. The molecule has 2 atom stereocenters. The predicted octanol–water partition coefficient (Wildman–Crippen LogP) is 13.2. The summed E-state index contributed by atoms with van der Waals surface area (Å²) in [6.45, 7) is 2.27. The highest BCUT2D eigenvalue weighted by atomic mass is 32.1. The normalized spacial score (nSPS) is 17.5. The second-order valence-electron chi connectivity index (χ2n) is 14.5. The highest BCUT2D eigenvalue weighted by Crippen LogP contribution is 2.57. The van der Waals surface area contributed by atoms with Crippen LogP contribution < -0.4 is 4.74 Å². The molecule has 0 N–H and O–H groups in total. The quantitative estimate of drug-likeness (QED) is 0.180. The molecule has 0 bridgehead atoms. The number of hydrogen-bond acceptors (Lipinski definition) is 2. The summed E-state index contributed by atoms with van der Waals surface area (Å²) in [5, 5.41) is 6.47. The van der Waals surface area contributed by atoms with E-state index in [2.05, 4.69) is 186 Å². The van der Waals surface area contributed by atoms with Gasteiger partial charge in [0.05, 0.1) is 33.6 Å². The molecule has 2 aliphatic rings. The fraction of sp³-hybridized carbons (Fsp3) is 0.0612. The van der Waals surface area contributed by atoms with Gasteiger partial charge in [-0.25, -0.2) is 0 Å². The van der Waals surface area contributed by atoms with E-state index in [4.69, 9.17) is 4.74 Å². The molecule has 3 aromatic heterocycles. The maximum absolute atomic E-state index is 6.93. The highest BCUT2D eigenvalue weighted by molar-refractivity contribution is 7.26. The number of rotatable bonds is 3. The van der Waals surface area contributed by atoms with Gasteiger partial charge in [0.15, 0.2) is 0 Å². The zero-order chi connectivity index (χ0) is 34.8. The first-order valence-electron chi connectivity index (χ1n) is 18.3. The summed E-state index contributed by atoms with van der Waals surface area (Å²) in [7, 11) is 0. The Morgan fingerprint density at radius 2 is 1.17 bits per heavy atom. The van der Waals surface area contributed by atoms with E-state index in [9.17, 15) is 0 Å². The van der Waals surface area contributed by atoms with E-state index in [1.807, 2.05) is 11.3 Å². The lowest BCUT2D eigenvalue weighted by molar-refractivity contribution is 0.101. The fourth-order valence-electron chi connectivity index (χ4n) is 9.59. The molecule has 4 heteroatoms. The van der Waals surface area contributed by atoms with Crippen LogP contribution in [0.25, 0.3) is 81.5 Å². The molecular formula is C49H32N2OS. The minimum atomic E-state index is -0.521. The van der Waals surface area contributed by atoms with Crippen molar-refractivity contribution in [2.45, 2.75) is 18.4 Å². The molecule has 0 radical (unpaired) electrons. The number of hydrogen-bond donors (Lipinski definition) is 0. The van der Waals surface area contributed by atoms with Gasteiger partial charge in [-0.15, -0.1) is 11.3 Å². The van der Waals surface area contributed by atoms with Gasteiger partial charge < -0.3 is 13.9 Å². The van der Waals surface area contributed by atoms with Gasteiger partial charge in [0.2, 0.25) is 0 Å². The smallest absolute Gasteiger partial charge is 0.144 e. The number of thiophene rings is 1. The van der Waals surface area contributed by atoms with Gasteiger partial charge in [0.25, 0.3) is 0 Å². The maximum Gasteiger partial charge on any atom is 0.144 e. The Morgan fingerprint density at radius 3 is 1.98 bits per heavy atom. The third kappa shape index (κ3) is 3.83. The molecule has 3 nitrogen and oxygen atoms in total. The first kappa shape index (κ1) is 29.2. The summed E-state index contributed by atoms with van der Waals surface area (Å²) in [6.07, 6.45) is 4.69. The van der Waals surface area contributed by atoms with Crippen LogP contribution in [0.5, 0.6) is 5.75 Å². The van der Waals surface area contributed by atoms with E-state index in [1.54, 1.807) is 0 Å². The molecule has 1 aliphatic carbocycles. The van der Waals surface area contributed by atoms with Crippen molar-refractivity contribution in [2.75, 3.05) is 0 Å². The molecule has 53 heavy (non-hydrogen) atoms. The number of ether oxygens (including phenoxy) is 1. The van der Waals surface area contributed by atoms with Crippen LogP contribution >= 0.6 is 11.3 Å². The molecule has 0 saturated carbocycles. The van der Waals surface area contributed by atoms with Gasteiger partial charge in [-0.3, -0.25) is 0 Å². The van der Waals surface area contributed by atoms with Crippen molar-refractivity contribution in [3.63, 3.8) is 0 Å². The van der Waals surface area contributed by atoms with Crippen LogP contribution in [-0.2, 0) is 5.60 Å². The topological polar surface area (TPSA) is 19.1 Å². The third-order valence-electron chi connectivity index (χ3n) is 11.8. The number of fused-ring (bicyclic) bond motifs is 14. The molecule has 0 saturated heterocycles. The molecule has 250 valence electrons. The SMILES string of the molecule is CC12Oc3ccccc3C1C=Cc1c2c2ccccc2n1-c1ccccc1-c1ccccc1-n1c2ccccc2c2c3sc4ccccc4c3ccc21. The summed E-state index contributed by atoms with van der Waals surface area (Å²) >= 11 is 1.90. The minimum absolute atomic E-state index is 0.143. The summed E-state index contributed by atoms with van der Waals surface area (Å²) in [5.74, 6) is 1.12. The van der Waals surface area contributed by atoms with Crippen LogP contribution in [0, 0.1) is 0 Å². The van der Waals surface area contributed by atoms with E-state index in [1.165, 1.54) is 80.8 Å². The largest absolute Gasteiger partial charge is 0.481 e. The Kier molecular flexibility index (Phi) is 5.85.